The minimum atomic E-state index is -5.56. The second kappa shape index (κ2) is 11.8. The summed E-state index contributed by atoms with van der Waals surface area (Å²) in [6.45, 7) is 1.59. The summed E-state index contributed by atoms with van der Waals surface area (Å²) in [5, 5.41) is 0. The van der Waals surface area contributed by atoms with E-state index in [2.05, 4.69) is 0 Å². The standard InChI is InChI=1S/C26H25F9N2O5/c1-5-42-23(39)37-13(2)6-18(17-10-20(40-3)21(41-4)11-19(17)37)36(22(38)26(33,34)35)12-14-7-15(24(27,28)29)9-16(8-14)25(30,31)32/h7-11,13,18H,5-6,12H2,1-4H3. The van der Waals surface area contributed by atoms with E-state index in [1.54, 1.807) is 0 Å². The van der Waals surface area contributed by atoms with Gasteiger partial charge in [-0.1, -0.05) is 0 Å². The molecule has 2 aromatic carbocycles. The molecule has 0 aromatic heterocycles. The summed E-state index contributed by atoms with van der Waals surface area (Å²) in [5.74, 6) is -2.51. The third-order valence-corrected chi connectivity index (χ3v) is 6.50. The van der Waals surface area contributed by atoms with E-state index in [-0.39, 0.29) is 52.5 Å². The van der Waals surface area contributed by atoms with Crippen molar-refractivity contribution in [3.8, 4) is 11.5 Å². The summed E-state index contributed by atoms with van der Waals surface area (Å²) in [6, 6.07) is 0.216. The van der Waals surface area contributed by atoms with E-state index >= 15 is 0 Å². The van der Waals surface area contributed by atoms with E-state index in [0.29, 0.717) is 0 Å². The first-order valence-corrected chi connectivity index (χ1v) is 12.2. The lowest BCUT2D eigenvalue weighted by Gasteiger charge is -2.43. The van der Waals surface area contributed by atoms with Crippen molar-refractivity contribution in [3.05, 3.63) is 52.6 Å². The maximum Gasteiger partial charge on any atom is 0.471 e. The van der Waals surface area contributed by atoms with Crippen LogP contribution < -0.4 is 14.4 Å². The van der Waals surface area contributed by atoms with Crippen molar-refractivity contribution in [2.24, 2.45) is 0 Å². The van der Waals surface area contributed by atoms with E-state index in [0.717, 1.165) is 4.90 Å². The first-order chi connectivity index (χ1) is 19.3. The zero-order valence-electron chi connectivity index (χ0n) is 22.5. The van der Waals surface area contributed by atoms with Crippen molar-refractivity contribution in [3.63, 3.8) is 0 Å². The van der Waals surface area contributed by atoms with Gasteiger partial charge in [0.1, 0.15) is 0 Å². The van der Waals surface area contributed by atoms with Crippen LogP contribution in [0.4, 0.5) is 50.0 Å². The van der Waals surface area contributed by atoms with E-state index in [9.17, 15) is 49.1 Å². The van der Waals surface area contributed by atoms with Crippen molar-refractivity contribution in [1.29, 1.82) is 0 Å². The van der Waals surface area contributed by atoms with Crippen LogP contribution in [0, 0.1) is 0 Å². The highest BCUT2D eigenvalue weighted by atomic mass is 19.4. The molecule has 0 saturated carbocycles. The summed E-state index contributed by atoms with van der Waals surface area (Å²) in [7, 11) is 2.45. The molecule has 0 aliphatic carbocycles. The fraction of sp³-hybridized carbons (Fsp3) is 0.462. The molecule has 42 heavy (non-hydrogen) atoms. The Morgan fingerprint density at radius 2 is 1.40 bits per heavy atom. The van der Waals surface area contributed by atoms with Gasteiger partial charge >= 0.3 is 30.5 Å². The fourth-order valence-electron chi connectivity index (χ4n) is 4.71. The number of halogens is 9. The molecular weight excluding hydrogens is 591 g/mol. The van der Waals surface area contributed by atoms with Crippen LogP contribution in [-0.2, 0) is 28.4 Å². The van der Waals surface area contributed by atoms with Crippen LogP contribution in [0.3, 0.4) is 0 Å². The third-order valence-electron chi connectivity index (χ3n) is 6.50. The van der Waals surface area contributed by atoms with Gasteiger partial charge in [-0.15, -0.1) is 0 Å². The van der Waals surface area contributed by atoms with Gasteiger partial charge in [0.15, 0.2) is 11.5 Å². The Balaban J connectivity index is 2.27. The molecule has 2 amide bonds. The number of fused-ring (bicyclic) bond motifs is 1. The van der Waals surface area contributed by atoms with E-state index < -0.39 is 72.3 Å². The van der Waals surface area contributed by atoms with Gasteiger partial charge in [0.05, 0.1) is 43.7 Å². The predicted octanol–water partition coefficient (Wildman–Crippen LogP) is 7.13. The van der Waals surface area contributed by atoms with Gasteiger partial charge in [-0.3, -0.25) is 9.69 Å². The molecule has 16 heteroatoms. The third kappa shape index (κ3) is 6.78. The zero-order chi connectivity index (χ0) is 31.8. The number of methoxy groups -OCH3 is 2. The highest BCUT2D eigenvalue weighted by Crippen LogP contribution is 2.47. The van der Waals surface area contributed by atoms with Crippen molar-refractivity contribution in [1.82, 2.24) is 4.90 Å². The monoisotopic (exact) mass is 616 g/mol. The number of benzene rings is 2. The molecule has 7 nitrogen and oxygen atoms in total. The highest BCUT2D eigenvalue weighted by Gasteiger charge is 2.48. The minimum Gasteiger partial charge on any atom is -0.493 e. The first kappa shape index (κ1) is 32.7. The number of hydrogen-bond donors (Lipinski definition) is 0. The lowest BCUT2D eigenvalue weighted by molar-refractivity contribution is -0.189. The van der Waals surface area contributed by atoms with Crippen LogP contribution in [0.1, 0.15) is 48.6 Å². The van der Waals surface area contributed by atoms with Gasteiger partial charge in [-0.05, 0) is 50.1 Å². The molecule has 2 unspecified atom stereocenters. The van der Waals surface area contributed by atoms with Crippen molar-refractivity contribution >= 4 is 17.7 Å². The largest absolute Gasteiger partial charge is 0.493 e. The topological polar surface area (TPSA) is 68.3 Å². The van der Waals surface area contributed by atoms with E-state index in [1.165, 1.54) is 40.2 Å². The molecule has 3 rings (SSSR count). The molecule has 0 N–H and O–H groups in total. The van der Waals surface area contributed by atoms with Gasteiger partial charge < -0.3 is 19.1 Å². The van der Waals surface area contributed by atoms with Gasteiger partial charge in [-0.25, -0.2) is 4.79 Å². The maximum absolute atomic E-state index is 13.9. The SMILES string of the molecule is CCOC(=O)N1c2cc(OC)c(OC)cc2C(N(Cc2cc(C(F)(F)F)cc(C(F)(F)F)c2)C(=O)C(F)(F)F)CC1C. The molecule has 0 spiro atoms. The second-order valence-electron chi connectivity index (χ2n) is 9.28. The number of amides is 2. The normalized spacial score (nSPS) is 17.4. The second-order valence-corrected chi connectivity index (χ2v) is 9.28. The van der Waals surface area contributed by atoms with Gasteiger partial charge in [0, 0.05) is 24.2 Å². The number of alkyl halides is 9. The molecule has 232 valence electrons. The number of ether oxygens (including phenoxy) is 3. The number of carbonyl (C=O) groups is 2. The lowest BCUT2D eigenvalue weighted by Crippen LogP contribution is -2.50. The molecule has 1 aliphatic heterocycles. The summed E-state index contributed by atoms with van der Waals surface area (Å²) in [5.41, 5.74) is -4.54. The van der Waals surface area contributed by atoms with Crippen molar-refractivity contribution in [2.75, 3.05) is 25.7 Å². The average Bonchev–Trinajstić information content (AvgIpc) is 2.88. The Bertz CT molecular complexity index is 1290. The van der Waals surface area contributed by atoms with Crippen molar-refractivity contribution in [2.45, 2.75) is 57.4 Å². The Kier molecular flexibility index (Phi) is 9.17. The molecule has 0 radical (unpaired) electrons. The number of hydrogen-bond acceptors (Lipinski definition) is 5. The van der Waals surface area contributed by atoms with E-state index in [4.69, 9.17) is 14.2 Å². The lowest BCUT2D eigenvalue weighted by atomic mass is 9.89. The van der Waals surface area contributed by atoms with Crippen LogP contribution in [0.15, 0.2) is 30.3 Å². The quantitative estimate of drug-likeness (QED) is 0.323. The Morgan fingerprint density at radius 3 is 1.86 bits per heavy atom. The smallest absolute Gasteiger partial charge is 0.471 e. The Morgan fingerprint density at radius 1 is 0.881 bits per heavy atom. The zero-order valence-corrected chi connectivity index (χ0v) is 22.5. The summed E-state index contributed by atoms with van der Waals surface area (Å²) in [4.78, 5) is 26.8. The molecule has 1 heterocycles. The maximum atomic E-state index is 13.9. The molecule has 0 fully saturated rings. The summed E-state index contributed by atoms with van der Waals surface area (Å²) in [6.07, 6.45) is -17.4. The van der Waals surface area contributed by atoms with Crippen LogP contribution in [-0.4, -0.2) is 49.9 Å². The number of anilines is 1. The van der Waals surface area contributed by atoms with Crippen LogP contribution in [0.2, 0.25) is 0 Å². The number of carbonyl (C=O) groups excluding carboxylic acids is 2. The van der Waals surface area contributed by atoms with Gasteiger partial charge in [-0.2, -0.15) is 39.5 Å². The van der Waals surface area contributed by atoms with Crippen LogP contribution in [0.25, 0.3) is 0 Å². The average molecular weight is 616 g/mol. The highest BCUT2D eigenvalue weighted by molar-refractivity contribution is 5.91. The molecule has 0 saturated heterocycles. The summed E-state index contributed by atoms with van der Waals surface area (Å²) < 4.78 is 138. The molecule has 2 aromatic rings. The van der Waals surface area contributed by atoms with Gasteiger partial charge in [0.25, 0.3) is 0 Å². The molecule has 1 aliphatic rings. The van der Waals surface area contributed by atoms with E-state index in [1.807, 2.05) is 0 Å². The van der Waals surface area contributed by atoms with Crippen LogP contribution >= 0.6 is 0 Å². The Labute approximate surface area is 233 Å². The molecular formula is C26H25F9N2O5. The molecule has 0 bridgehead atoms. The number of rotatable bonds is 6. The van der Waals surface area contributed by atoms with Crippen LogP contribution in [0.5, 0.6) is 11.5 Å². The molecule has 2 atom stereocenters. The predicted molar refractivity (Wildman–Crippen MR) is 129 cm³/mol. The summed E-state index contributed by atoms with van der Waals surface area (Å²) >= 11 is 0. The van der Waals surface area contributed by atoms with Crippen molar-refractivity contribution < 1.29 is 63.3 Å². The van der Waals surface area contributed by atoms with Gasteiger partial charge in [0.2, 0.25) is 0 Å². The minimum absolute atomic E-state index is 0.0301. The Hall–Kier alpha value is -3.85. The fourth-order valence-corrected chi connectivity index (χ4v) is 4.71. The first-order valence-electron chi connectivity index (χ1n) is 12.2. The number of nitrogens with zero attached hydrogens (tertiary/aromatic N) is 2.